The van der Waals surface area contributed by atoms with Crippen molar-refractivity contribution in [1.29, 1.82) is 0 Å². The summed E-state index contributed by atoms with van der Waals surface area (Å²) in [5, 5.41) is 51.9. The Morgan fingerprint density at radius 3 is 2.71 bits per heavy atom. The number of hydrogen-bond donors (Lipinski definition) is 6. The van der Waals surface area contributed by atoms with Crippen molar-refractivity contribution in [2.45, 2.75) is 42.3 Å². The van der Waals surface area contributed by atoms with Gasteiger partial charge in [-0.3, -0.25) is 19.3 Å². The molecular formula is C34H30ClN10O8S3+. The molecule has 56 heavy (non-hydrogen) atoms. The number of fused-ring (bicyclic) bond motifs is 2. The van der Waals surface area contributed by atoms with Gasteiger partial charge in [0.25, 0.3) is 11.8 Å². The van der Waals surface area contributed by atoms with Gasteiger partial charge in [-0.1, -0.05) is 28.9 Å². The van der Waals surface area contributed by atoms with Gasteiger partial charge < -0.3 is 31.2 Å². The van der Waals surface area contributed by atoms with Crippen LogP contribution in [0.5, 0.6) is 11.5 Å². The van der Waals surface area contributed by atoms with Crippen LogP contribution < -0.4 is 15.6 Å². The Morgan fingerprint density at radius 2 is 2.00 bits per heavy atom. The molecule has 2 aliphatic rings. The molecule has 22 heteroatoms. The number of aliphatic carboxylic acids is 1. The van der Waals surface area contributed by atoms with Gasteiger partial charge in [-0.15, -0.1) is 45.1 Å². The topological polar surface area (TPSA) is 263 Å². The van der Waals surface area contributed by atoms with Crippen molar-refractivity contribution in [2.75, 3.05) is 17.2 Å². The number of thiazole rings is 1. The number of ketones is 1. The van der Waals surface area contributed by atoms with Crippen molar-refractivity contribution in [3.8, 4) is 11.5 Å². The Bertz CT molecular complexity index is 2470. The van der Waals surface area contributed by atoms with E-state index in [4.69, 9.17) is 22.2 Å². The summed E-state index contributed by atoms with van der Waals surface area (Å²) in [7, 11) is 0. The van der Waals surface area contributed by atoms with Crippen LogP contribution in [0.3, 0.4) is 0 Å². The van der Waals surface area contributed by atoms with Gasteiger partial charge in [0.1, 0.15) is 17.1 Å². The molecule has 18 nitrogen and oxygen atoms in total. The Kier molecular flexibility index (Phi) is 10.6. The van der Waals surface area contributed by atoms with Crippen LogP contribution in [0.4, 0.5) is 5.13 Å². The molecule has 0 unspecified atom stereocenters. The first-order valence-corrected chi connectivity index (χ1v) is 19.7. The highest BCUT2D eigenvalue weighted by Crippen LogP contribution is 2.45. The summed E-state index contributed by atoms with van der Waals surface area (Å²) in [5.74, 6) is -2.88. The lowest BCUT2D eigenvalue weighted by Crippen LogP contribution is -2.70. The number of pyridine rings is 1. The van der Waals surface area contributed by atoms with E-state index < -0.39 is 46.3 Å². The molecule has 2 atom stereocenters. The van der Waals surface area contributed by atoms with E-state index in [0.717, 1.165) is 32.7 Å². The molecule has 2 amide bonds. The molecule has 5 aromatic rings. The fraction of sp³-hybridized carbons (Fsp3) is 0.235. The second kappa shape index (κ2) is 15.4. The van der Waals surface area contributed by atoms with Crippen LogP contribution in [0.1, 0.15) is 35.7 Å². The number of nitrogens with zero attached hydrogens (tertiary/aromatic N) is 7. The molecule has 0 spiro atoms. The zero-order chi connectivity index (χ0) is 39.9. The fourth-order valence-electron chi connectivity index (χ4n) is 5.78. The zero-order valence-corrected chi connectivity index (χ0v) is 32.4. The average molecular weight is 838 g/mol. The lowest BCUT2D eigenvalue weighted by molar-refractivity contribution is -0.657. The number of nitrogen functional groups attached to an aromatic ring is 1. The number of aromatic nitrogens is 6. The first kappa shape index (κ1) is 38.5. The van der Waals surface area contributed by atoms with E-state index in [9.17, 15) is 34.5 Å². The van der Waals surface area contributed by atoms with Crippen molar-refractivity contribution in [2.24, 2.45) is 5.16 Å². The molecule has 2 aromatic carbocycles. The van der Waals surface area contributed by atoms with Crippen molar-refractivity contribution in [3.63, 3.8) is 0 Å². The number of carbonyl (C=O) groups excluding carboxylic acids is 3. The van der Waals surface area contributed by atoms with E-state index in [-0.39, 0.29) is 45.3 Å². The molecule has 2 aliphatic heterocycles. The second-order valence-electron chi connectivity index (χ2n) is 12.8. The maximum absolute atomic E-state index is 13.8. The predicted octanol–water partition coefficient (Wildman–Crippen LogP) is 2.81. The van der Waals surface area contributed by atoms with Crippen LogP contribution in [-0.4, -0.2) is 104 Å². The number of Topliss-reactive ketones (excluding diaryl/α,β-unsaturated/α-hetero) is 1. The van der Waals surface area contributed by atoms with Gasteiger partial charge in [0.2, 0.25) is 29.3 Å². The largest absolute Gasteiger partial charge is 0.504 e. The van der Waals surface area contributed by atoms with Gasteiger partial charge in [0.05, 0.1) is 16.1 Å². The number of amides is 2. The summed E-state index contributed by atoms with van der Waals surface area (Å²) < 4.78 is 1.76. The van der Waals surface area contributed by atoms with E-state index in [1.165, 1.54) is 59.8 Å². The number of aromatic amines is 1. The Morgan fingerprint density at radius 1 is 1.21 bits per heavy atom. The number of benzene rings is 2. The number of nitrogens with two attached hydrogens (primary N) is 1. The van der Waals surface area contributed by atoms with Gasteiger partial charge in [-0.25, -0.2) is 9.78 Å². The molecule has 0 radical (unpaired) electrons. The lowest BCUT2D eigenvalue weighted by atomic mass is 10.0. The quantitative estimate of drug-likeness (QED) is 0.0189. The molecule has 0 bridgehead atoms. The number of carboxylic acid groups (broad SMARTS) is 1. The normalized spacial score (nSPS) is 17.1. The Labute approximate surface area is 333 Å². The third-order valence-corrected chi connectivity index (χ3v) is 12.3. The first-order valence-electron chi connectivity index (χ1n) is 16.4. The van der Waals surface area contributed by atoms with Gasteiger partial charge in [0.15, 0.2) is 28.5 Å². The smallest absolute Gasteiger partial charge is 0.350 e. The second-order valence-corrected chi connectivity index (χ2v) is 16.2. The number of carbonyl (C=O) groups is 4. The Balaban J connectivity index is 1.11. The number of para-hydroxylation sites is 1. The van der Waals surface area contributed by atoms with Crippen molar-refractivity contribution in [3.05, 3.63) is 81.7 Å². The highest BCUT2D eigenvalue weighted by atomic mass is 35.5. The molecule has 7 N–H and O–H groups in total. The summed E-state index contributed by atoms with van der Waals surface area (Å²) >= 11 is 10.1. The summed E-state index contributed by atoms with van der Waals surface area (Å²) in [6.45, 7) is 2.44. The van der Waals surface area contributed by atoms with E-state index >= 15 is 0 Å². The maximum atomic E-state index is 13.8. The average Bonchev–Trinajstić information content (AvgIpc) is 3.87. The molecule has 5 heterocycles. The van der Waals surface area contributed by atoms with Crippen LogP contribution in [0.25, 0.3) is 16.6 Å². The van der Waals surface area contributed by atoms with Gasteiger partial charge in [-0.05, 0) is 42.8 Å². The van der Waals surface area contributed by atoms with Crippen molar-refractivity contribution >= 4 is 97.5 Å². The minimum absolute atomic E-state index is 0.0467. The molecule has 1 saturated heterocycles. The maximum Gasteiger partial charge on any atom is 0.350 e. The predicted molar refractivity (Wildman–Crippen MR) is 206 cm³/mol. The molecule has 288 valence electrons. The third-order valence-electron chi connectivity index (χ3n) is 8.75. The van der Waals surface area contributed by atoms with Gasteiger partial charge in [0, 0.05) is 39.5 Å². The number of β-lactam (4-membered cyclic amide) rings is 1. The minimum atomic E-state index is -1.77. The number of thioether (sulfide) groups is 2. The number of phenols is 2. The SMILES string of the molecule is CC(C)(O/N=C(\C(=O)N[C@@H]1C(=O)N2C(c3nn[nH]n3)=C(CSc3cc[n+](CC(=O)c4ccc(O)c(O)c4Cl)c4ccccc34)CS[C@H]12)c1csc(N)n1)C(=O)O. The molecule has 3 aromatic heterocycles. The number of halogens is 1. The first-order chi connectivity index (χ1) is 26.7. The fourth-order valence-corrected chi connectivity index (χ4v) is 9.12. The Hall–Kier alpha value is -5.77. The van der Waals surface area contributed by atoms with Crippen molar-refractivity contribution < 1.29 is 43.9 Å². The molecule has 0 saturated carbocycles. The van der Waals surface area contributed by atoms with Gasteiger partial charge >= 0.3 is 5.97 Å². The number of anilines is 1. The summed E-state index contributed by atoms with van der Waals surface area (Å²) in [5.41, 5.74) is 5.82. The number of H-pyrrole nitrogens is 1. The van der Waals surface area contributed by atoms with Crippen LogP contribution in [0.15, 0.2) is 69.7 Å². The van der Waals surface area contributed by atoms with E-state index in [0.29, 0.717) is 17.2 Å². The van der Waals surface area contributed by atoms with Gasteiger partial charge in [-0.2, -0.15) is 9.78 Å². The molecule has 1 fully saturated rings. The third kappa shape index (κ3) is 7.32. The molecule has 7 rings (SSSR count). The number of hydrogen-bond acceptors (Lipinski definition) is 16. The highest BCUT2D eigenvalue weighted by molar-refractivity contribution is 8.01. The number of rotatable bonds is 13. The molecule has 0 aliphatic carbocycles. The zero-order valence-electron chi connectivity index (χ0n) is 29.2. The number of oxime groups is 1. The van der Waals surface area contributed by atoms with Crippen LogP contribution in [0.2, 0.25) is 5.02 Å². The van der Waals surface area contributed by atoms with Crippen LogP contribution in [-0.2, 0) is 25.8 Å². The van der Waals surface area contributed by atoms with E-state index in [2.05, 4.69) is 36.1 Å². The molecular weight excluding hydrogens is 808 g/mol. The number of tetrazole rings is 1. The highest BCUT2D eigenvalue weighted by Gasteiger charge is 2.54. The number of aromatic hydroxyl groups is 2. The minimum Gasteiger partial charge on any atom is -0.504 e. The standard InChI is InChI=1S/C34H29ClN10O8S3/c1-34(2,32(51)52)53-41-24(18-14-56-33(36)37-18)29(49)38-25-30(50)45-26(28-39-42-43-40-28)15(13-55-31(25)45)12-54-22-9-10-44(19-6-4-3-5-16(19)22)11-21(47)17-7-8-20(46)27(48)23(17)35/h3-10,14,25,31H,11-13H2,1-2H3,(H6-,36,37,38,39,40,41,42,43,46,47,48,49,51,52)/p+1/t25-,31-/m1/s1. The number of carboxylic acids is 1. The van der Waals surface area contributed by atoms with Crippen molar-refractivity contribution in [1.82, 2.24) is 35.8 Å². The monoisotopic (exact) mass is 837 g/mol. The van der Waals surface area contributed by atoms with E-state index in [1.807, 2.05) is 30.3 Å². The summed E-state index contributed by atoms with van der Waals surface area (Å²) in [6, 6.07) is 11.0. The lowest BCUT2D eigenvalue weighted by Gasteiger charge is -2.49. The summed E-state index contributed by atoms with van der Waals surface area (Å²) in [4.78, 5) is 63.9. The number of phenolic OH excluding ortho intramolecular Hbond substituents is 2. The van der Waals surface area contributed by atoms with Crippen LogP contribution >= 0.6 is 46.5 Å². The summed E-state index contributed by atoms with van der Waals surface area (Å²) in [6.07, 6.45) is 1.77. The number of nitrogens with one attached hydrogen (secondary N) is 2. The van der Waals surface area contributed by atoms with E-state index in [1.54, 1.807) is 10.8 Å². The van der Waals surface area contributed by atoms with Crippen LogP contribution in [0, 0.1) is 0 Å².